The summed E-state index contributed by atoms with van der Waals surface area (Å²) in [4.78, 5) is 36.5. The Hall–Kier alpha value is -1.79. The molecule has 2 unspecified atom stereocenters. The van der Waals surface area contributed by atoms with Crippen LogP contribution in [0.1, 0.15) is 39.5 Å². The van der Waals surface area contributed by atoms with Crippen LogP contribution in [0.4, 0.5) is 4.79 Å². The van der Waals surface area contributed by atoms with E-state index >= 15 is 0 Å². The molecule has 0 aromatic carbocycles. The van der Waals surface area contributed by atoms with Crippen molar-refractivity contribution in [3.05, 3.63) is 0 Å². The fourth-order valence-electron chi connectivity index (χ4n) is 2.42. The van der Waals surface area contributed by atoms with Gasteiger partial charge in [0.1, 0.15) is 11.6 Å². The molecule has 2 amide bonds. The van der Waals surface area contributed by atoms with Gasteiger partial charge < -0.3 is 20.1 Å². The minimum Gasteiger partial charge on any atom is -0.480 e. The number of nitrogens with one attached hydrogen (secondary N) is 1. The number of hydrogen-bond donors (Lipinski definition) is 2. The first kappa shape index (κ1) is 16.3. The summed E-state index contributed by atoms with van der Waals surface area (Å²) in [7, 11) is 1.27. The number of methoxy groups -OCH3 is 1. The molecule has 7 heteroatoms. The second kappa shape index (κ2) is 6.58. The monoisotopic (exact) mass is 286 g/mol. The van der Waals surface area contributed by atoms with E-state index < -0.39 is 29.6 Å². The highest BCUT2D eigenvalue weighted by molar-refractivity contribution is 5.89. The number of carbonyl (C=O) groups is 3. The lowest BCUT2D eigenvalue weighted by atomic mass is 9.96. The fourth-order valence-corrected chi connectivity index (χ4v) is 2.42. The van der Waals surface area contributed by atoms with Crippen molar-refractivity contribution in [2.45, 2.75) is 51.1 Å². The Morgan fingerprint density at radius 2 is 2.10 bits per heavy atom. The van der Waals surface area contributed by atoms with Crippen LogP contribution in [0, 0.1) is 0 Å². The van der Waals surface area contributed by atoms with Crippen LogP contribution in [0.2, 0.25) is 0 Å². The maximum absolute atomic E-state index is 12.2. The molecule has 0 saturated carbocycles. The van der Waals surface area contributed by atoms with Crippen LogP contribution < -0.4 is 5.32 Å². The summed E-state index contributed by atoms with van der Waals surface area (Å²) in [6.07, 6.45) is 2.19. The van der Waals surface area contributed by atoms with Gasteiger partial charge in [0, 0.05) is 6.54 Å². The number of urea groups is 1. The van der Waals surface area contributed by atoms with Crippen LogP contribution in [0.5, 0.6) is 0 Å². The molecule has 0 bridgehead atoms. The molecule has 114 valence electrons. The first-order valence-corrected chi connectivity index (χ1v) is 6.75. The zero-order valence-corrected chi connectivity index (χ0v) is 12.1. The van der Waals surface area contributed by atoms with Crippen molar-refractivity contribution in [1.82, 2.24) is 10.2 Å². The summed E-state index contributed by atoms with van der Waals surface area (Å²) < 4.78 is 4.66. The molecule has 2 atom stereocenters. The number of carboxylic acid groups (broad SMARTS) is 1. The Bertz CT molecular complexity index is 398. The van der Waals surface area contributed by atoms with Gasteiger partial charge in [0.2, 0.25) is 0 Å². The number of amides is 2. The summed E-state index contributed by atoms with van der Waals surface area (Å²) in [5.41, 5.74) is -1.32. The van der Waals surface area contributed by atoms with Crippen molar-refractivity contribution < 1.29 is 24.2 Å². The Kier molecular flexibility index (Phi) is 5.35. The van der Waals surface area contributed by atoms with E-state index in [2.05, 4.69) is 10.1 Å². The number of likely N-dealkylation sites (tertiary alicyclic amines) is 1. The Labute approximate surface area is 118 Å². The number of aliphatic carboxylic acids is 1. The fraction of sp³-hybridized carbons (Fsp3) is 0.769. The Balaban J connectivity index is 2.78. The zero-order chi connectivity index (χ0) is 15.3. The van der Waals surface area contributed by atoms with Gasteiger partial charge in [-0.3, -0.25) is 0 Å². The predicted molar refractivity (Wildman–Crippen MR) is 71.2 cm³/mol. The van der Waals surface area contributed by atoms with Crippen LogP contribution in [-0.4, -0.2) is 53.2 Å². The topological polar surface area (TPSA) is 95.9 Å². The smallest absolute Gasteiger partial charge is 0.329 e. The van der Waals surface area contributed by atoms with E-state index in [0.717, 1.165) is 0 Å². The first-order chi connectivity index (χ1) is 9.35. The molecule has 0 aromatic heterocycles. The molecular formula is C13H22N2O5. The summed E-state index contributed by atoms with van der Waals surface area (Å²) in [6, 6.07) is -1.16. The van der Waals surface area contributed by atoms with Gasteiger partial charge in [-0.25, -0.2) is 14.4 Å². The SMILES string of the molecule is CCCC(C)(NC(=O)N1CCCC1C(=O)OC)C(=O)O. The van der Waals surface area contributed by atoms with Crippen molar-refractivity contribution in [3.63, 3.8) is 0 Å². The average molecular weight is 286 g/mol. The number of esters is 1. The number of carbonyl (C=O) groups excluding carboxylic acids is 2. The molecule has 1 rings (SSSR count). The van der Waals surface area contributed by atoms with E-state index in [1.165, 1.54) is 18.9 Å². The summed E-state index contributed by atoms with van der Waals surface area (Å²) in [6.45, 7) is 3.74. The number of nitrogens with zero attached hydrogens (tertiary/aromatic N) is 1. The number of ether oxygens (including phenoxy) is 1. The van der Waals surface area contributed by atoms with Crippen molar-refractivity contribution in [2.75, 3.05) is 13.7 Å². The van der Waals surface area contributed by atoms with Gasteiger partial charge in [-0.05, 0) is 26.2 Å². The summed E-state index contributed by atoms with van der Waals surface area (Å²) in [5.74, 6) is -1.55. The van der Waals surface area contributed by atoms with E-state index in [1.54, 1.807) is 0 Å². The number of hydrogen-bond acceptors (Lipinski definition) is 4. The highest BCUT2D eigenvalue weighted by Gasteiger charge is 2.40. The van der Waals surface area contributed by atoms with Gasteiger partial charge in [-0.1, -0.05) is 13.3 Å². The number of carboxylic acids is 1. The van der Waals surface area contributed by atoms with Gasteiger partial charge in [-0.15, -0.1) is 0 Å². The first-order valence-electron chi connectivity index (χ1n) is 6.75. The van der Waals surface area contributed by atoms with Crippen molar-refractivity contribution >= 4 is 18.0 Å². The molecule has 0 aromatic rings. The molecule has 2 N–H and O–H groups in total. The molecular weight excluding hydrogens is 264 g/mol. The van der Waals surface area contributed by atoms with Gasteiger partial charge in [-0.2, -0.15) is 0 Å². The molecule has 0 radical (unpaired) electrons. The standard InChI is InChI=1S/C13H22N2O5/c1-4-7-13(2,11(17)18)14-12(19)15-8-5-6-9(15)10(16)20-3/h9H,4-8H2,1-3H3,(H,14,19)(H,17,18). The molecule has 7 nitrogen and oxygen atoms in total. The average Bonchev–Trinajstić information content (AvgIpc) is 2.87. The quantitative estimate of drug-likeness (QED) is 0.734. The van der Waals surface area contributed by atoms with Crippen LogP contribution >= 0.6 is 0 Å². The molecule has 20 heavy (non-hydrogen) atoms. The van der Waals surface area contributed by atoms with E-state index in [9.17, 15) is 19.5 Å². The van der Waals surface area contributed by atoms with Crippen LogP contribution in [0.25, 0.3) is 0 Å². The predicted octanol–water partition coefficient (Wildman–Crippen LogP) is 0.977. The molecule has 0 spiro atoms. The van der Waals surface area contributed by atoms with Crippen molar-refractivity contribution in [2.24, 2.45) is 0 Å². The molecule has 1 aliphatic heterocycles. The molecule has 1 saturated heterocycles. The van der Waals surface area contributed by atoms with Gasteiger partial charge in [0.15, 0.2) is 0 Å². The van der Waals surface area contributed by atoms with E-state index in [-0.39, 0.29) is 0 Å². The van der Waals surface area contributed by atoms with Gasteiger partial charge >= 0.3 is 18.0 Å². The zero-order valence-electron chi connectivity index (χ0n) is 12.1. The van der Waals surface area contributed by atoms with Crippen LogP contribution in [0.3, 0.4) is 0 Å². The minimum atomic E-state index is -1.32. The Morgan fingerprint density at radius 3 is 2.60 bits per heavy atom. The number of rotatable bonds is 5. The third-order valence-corrected chi connectivity index (χ3v) is 3.59. The van der Waals surface area contributed by atoms with Crippen molar-refractivity contribution in [1.29, 1.82) is 0 Å². The minimum absolute atomic E-state index is 0.324. The Morgan fingerprint density at radius 1 is 1.45 bits per heavy atom. The third-order valence-electron chi connectivity index (χ3n) is 3.59. The highest BCUT2D eigenvalue weighted by atomic mass is 16.5. The van der Waals surface area contributed by atoms with E-state index in [1.807, 2.05) is 6.92 Å². The maximum atomic E-state index is 12.2. The molecule has 1 heterocycles. The van der Waals surface area contributed by atoms with Gasteiger partial charge in [0.25, 0.3) is 0 Å². The van der Waals surface area contributed by atoms with Crippen molar-refractivity contribution in [3.8, 4) is 0 Å². The molecule has 1 fully saturated rings. The van der Waals surface area contributed by atoms with E-state index in [0.29, 0.717) is 32.2 Å². The summed E-state index contributed by atoms with van der Waals surface area (Å²) in [5, 5.41) is 11.8. The second-order valence-electron chi connectivity index (χ2n) is 5.19. The second-order valence-corrected chi connectivity index (χ2v) is 5.19. The lowest BCUT2D eigenvalue weighted by Crippen LogP contribution is -2.57. The highest BCUT2D eigenvalue weighted by Crippen LogP contribution is 2.20. The van der Waals surface area contributed by atoms with Crippen LogP contribution in [-0.2, 0) is 14.3 Å². The molecule has 1 aliphatic rings. The van der Waals surface area contributed by atoms with Gasteiger partial charge in [0.05, 0.1) is 7.11 Å². The maximum Gasteiger partial charge on any atom is 0.329 e. The largest absolute Gasteiger partial charge is 0.480 e. The van der Waals surface area contributed by atoms with E-state index in [4.69, 9.17) is 0 Å². The summed E-state index contributed by atoms with van der Waals surface area (Å²) >= 11 is 0. The molecule has 0 aliphatic carbocycles. The normalized spacial score (nSPS) is 21.1. The third kappa shape index (κ3) is 3.40. The lowest BCUT2D eigenvalue weighted by molar-refractivity contribution is -0.145. The van der Waals surface area contributed by atoms with Crippen LogP contribution in [0.15, 0.2) is 0 Å². The lowest BCUT2D eigenvalue weighted by Gasteiger charge is -2.30.